The first-order chi connectivity index (χ1) is 18.6. The molecule has 3 aromatic carbocycles. The standard InChI is InChI=1S/C28H27ClF3N5OS/c1-4-36(18(2)3)21-14-12-20(13-15-21)33-25(38)17-39-27-35-34-26(23-10-5-6-11-24(23)29)37(27)22-9-7-8-19(16-22)28(30,31)32/h5-16,18H,4,17H2,1-3H3,(H,33,38). The van der Waals surface area contributed by atoms with Gasteiger partial charge in [0.15, 0.2) is 11.0 Å². The molecule has 11 heteroatoms. The van der Waals surface area contributed by atoms with Crippen molar-refractivity contribution in [1.82, 2.24) is 14.8 Å². The first-order valence-corrected chi connectivity index (χ1v) is 13.6. The summed E-state index contributed by atoms with van der Waals surface area (Å²) < 4.78 is 41.9. The molecule has 0 unspecified atom stereocenters. The van der Waals surface area contributed by atoms with Crippen molar-refractivity contribution >= 4 is 40.6 Å². The lowest BCUT2D eigenvalue weighted by molar-refractivity contribution is -0.137. The zero-order chi connectivity index (χ0) is 28.2. The summed E-state index contributed by atoms with van der Waals surface area (Å²) in [5.74, 6) is -0.0556. The third kappa shape index (κ3) is 6.75. The minimum absolute atomic E-state index is 0.0333. The minimum atomic E-state index is -4.53. The lowest BCUT2D eigenvalue weighted by atomic mass is 10.1. The van der Waals surface area contributed by atoms with Crippen LogP contribution < -0.4 is 10.2 Å². The Bertz CT molecular complexity index is 1440. The number of halogens is 4. The number of thioether (sulfide) groups is 1. The lowest BCUT2D eigenvalue weighted by Crippen LogP contribution is -2.30. The van der Waals surface area contributed by atoms with E-state index in [2.05, 4.69) is 41.2 Å². The molecule has 0 atom stereocenters. The van der Waals surface area contributed by atoms with Crippen LogP contribution in [0.2, 0.25) is 5.02 Å². The molecular weight excluding hydrogens is 547 g/mol. The Labute approximate surface area is 234 Å². The van der Waals surface area contributed by atoms with Gasteiger partial charge in [-0.2, -0.15) is 13.2 Å². The number of alkyl halides is 3. The number of nitrogens with zero attached hydrogens (tertiary/aromatic N) is 4. The van der Waals surface area contributed by atoms with Crippen molar-refractivity contribution in [2.45, 2.75) is 38.1 Å². The van der Waals surface area contributed by atoms with Gasteiger partial charge >= 0.3 is 6.18 Å². The summed E-state index contributed by atoms with van der Waals surface area (Å²) >= 11 is 7.44. The summed E-state index contributed by atoms with van der Waals surface area (Å²) in [6, 6.07) is 19.6. The molecule has 0 radical (unpaired) electrons. The molecule has 0 saturated heterocycles. The highest BCUT2D eigenvalue weighted by molar-refractivity contribution is 7.99. The van der Waals surface area contributed by atoms with Crippen LogP contribution in [0.15, 0.2) is 78.0 Å². The van der Waals surface area contributed by atoms with E-state index in [4.69, 9.17) is 11.6 Å². The number of aromatic nitrogens is 3. The van der Waals surface area contributed by atoms with Crippen molar-refractivity contribution in [3.05, 3.63) is 83.4 Å². The molecule has 1 N–H and O–H groups in total. The van der Waals surface area contributed by atoms with Crippen LogP contribution in [0.4, 0.5) is 24.5 Å². The summed E-state index contributed by atoms with van der Waals surface area (Å²) in [5.41, 5.74) is 1.59. The van der Waals surface area contributed by atoms with E-state index in [0.29, 0.717) is 22.3 Å². The summed E-state index contributed by atoms with van der Waals surface area (Å²) in [7, 11) is 0. The highest BCUT2D eigenvalue weighted by Gasteiger charge is 2.31. The van der Waals surface area contributed by atoms with E-state index in [1.807, 2.05) is 24.3 Å². The fraction of sp³-hybridized carbons (Fsp3) is 0.250. The highest BCUT2D eigenvalue weighted by atomic mass is 35.5. The maximum absolute atomic E-state index is 13.5. The average Bonchev–Trinajstić information content (AvgIpc) is 3.32. The molecule has 0 aliphatic heterocycles. The van der Waals surface area contributed by atoms with Crippen LogP contribution in [0.3, 0.4) is 0 Å². The molecular formula is C28H27ClF3N5OS. The molecule has 0 aliphatic carbocycles. The predicted octanol–water partition coefficient (Wildman–Crippen LogP) is 7.57. The SMILES string of the molecule is CCN(c1ccc(NC(=O)CSc2nnc(-c3ccccc3Cl)n2-c2cccc(C(F)(F)F)c2)cc1)C(C)C. The summed E-state index contributed by atoms with van der Waals surface area (Å²) in [6.45, 7) is 7.18. The van der Waals surface area contributed by atoms with Crippen molar-refractivity contribution in [1.29, 1.82) is 0 Å². The maximum Gasteiger partial charge on any atom is 0.416 e. The maximum atomic E-state index is 13.5. The van der Waals surface area contributed by atoms with Gasteiger partial charge in [-0.1, -0.05) is 41.6 Å². The van der Waals surface area contributed by atoms with Gasteiger partial charge in [-0.15, -0.1) is 10.2 Å². The molecule has 0 bridgehead atoms. The average molecular weight is 574 g/mol. The Morgan fingerprint density at radius 1 is 1.05 bits per heavy atom. The molecule has 0 spiro atoms. The number of benzene rings is 3. The number of rotatable bonds is 9. The van der Waals surface area contributed by atoms with Crippen molar-refractivity contribution < 1.29 is 18.0 Å². The van der Waals surface area contributed by atoms with Gasteiger partial charge in [0.05, 0.1) is 22.0 Å². The van der Waals surface area contributed by atoms with Crippen LogP contribution >= 0.6 is 23.4 Å². The number of nitrogens with one attached hydrogen (secondary N) is 1. The Balaban J connectivity index is 1.58. The van der Waals surface area contributed by atoms with Gasteiger partial charge in [0.2, 0.25) is 5.91 Å². The molecule has 6 nitrogen and oxygen atoms in total. The van der Waals surface area contributed by atoms with Gasteiger partial charge < -0.3 is 10.2 Å². The van der Waals surface area contributed by atoms with Crippen LogP contribution in [0.5, 0.6) is 0 Å². The molecule has 1 heterocycles. The van der Waals surface area contributed by atoms with E-state index in [-0.39, 0.29) is 28.3 Å². The van der Waals surface area contributed by atoms with Crippen LogP contribution in [-0.2, 0) is 11.0 Å². The second-order valence-corrected chi connectivity index (χ2v) is 10.3. The van der Waals surface area contributed by atoms with Gasteiger partial charge in [-0.25, -0.2) is 0 Å². The summed E-state index contributed by atoms with van der Waals surface area (Å²) in [6.07, 6.45) is -4.53. The fourth-order valence-corrected chi connectivity index (χ4v) is 5.12. The number of carbonyl (C=O) groups is 1. The van der Waals surface area contributed by atoms with Crippen molar-refractivity contribution in [2.24, 2.45) is 0 Å². The highest BCUT2D eigenvalue weighted by Crippen LogP contribution is 2.35. The quantitative estimate of drug-likeness (QED) is 0.209. The Morgan fingerprint density at radius 2 is 1.77 bits per heavy atom. The molecule has 0 aliphatic rings. The van der Waals surface area contributed by atoms with Gasteiger partial charge in [-0.3, -0.25) is 9.36 Å². The monoisotopic (exact) mass is 573 g/mol. The first kappa shape index (κ1) is 28.5. The number of amides is 1. The van der Waals surface area contributed by atoms with Crippen LogP contribution in [0.25, 0.3) is 17.1 Å². The van der Waals surface area contributed by atoms with Gasteiger partial charge in [0.25, 0.3) is 0 Å². The third-order valence-electron chi connectivity index (χ3n) is 5.96. The lowest BCUT2D eigenvalue weighted by Gasteiger charge is -2.27. The van der Waals surface area contributed by atoms with E-state index < -0.39 is 11.7 Å². The van der Waals surface area contributed by atoms with E-state index in [9.17, 15) is 18.0 Å². The van der Waals surface area contributed by atoms with E-state index in [1.165, 1.54) is 16.7 Å². The van der Waals surface area contributed by atoms with Crippen LogP contribution in [0, 0.1) is 0 Å². The molecule has 0 fully saturated rings. The third-order valence-corrected chi connectivity index (χ3v) is 7.22. The van der Waals surface area contributed by atoms with E-state index in [0.717, 1.165) is 36.1 Å². The summed E-state index contributed by atoms with van der Waals surface area (Å²) in [5, 5.41) is 11.9. The molecule has 4 aromatic rings. The van der Waals surface area contributed by atoms with Crippen LogP contribution in [0.1, 0.15) is 26.3 Å². The topological polar surface area (TPSA) is 63.1 Å². The fourth-order valence-electron chi connectivity index (χ4n) is 4.14. The van der Waals surface area contributed by atoms with Crippen molar-refractivity contribution in [2.75, 3.05) is 22.5 Å². The number of hydrogen-bond donors (Lipinski definition) is 1. The molecule has 4 rings (SSSR count). The number of hydrogen-bond acceptors (Lipinski definition) is 5. The van der Waals surface area contributed by atoms with Gasteiger partial charge in [0, 0.05) is 29.5 Å². The van der Waals surface area contributed by atoms with Crippen molar-refractivity contribution in [3.8, 4) is 17.1 Å². The predicted molar refractivity (Wildman–Crippen MR) is 151 cm³/mol. The largest absolute Gasteiger partial charge is 0.416 e. The van der Waals surface area contributed by atoms with Gasteiger partial charge in [0.1, 0.15) is 0 Å². The van der Waals surface area contributed by atoms with E-state index >= 15 is 0 Å². The Morgan fingerprint density at radius 3 is 2.41 bits per heavy atom. The second kappa shape index (κ2) is 12.1. The zero-order valence-electron chi connectivity index (χ0n) is 21.5. The summed E-state index contributed by atoms with van der Waals surface area (Å²) in [4.78, 5) is 15.0. The first-order valence-electron chi connectivity index (χ1n) is 12.3. The van der Waals surface area contributed by atoms with Crippen molar-refractivity contribution in [3.63, 3.8) is 0 Å². The smallest absolute Gasteiger partial charge is 0.369 e. The van der Waals surface area contributed by atoms with Gasteiger partial charge in [-0.05, 0) is 75.4 Å². The number of anilines is 2. The molecule has 1 aromatic heterocycles. The number of carbonyl (C=O) groups excluding carboxylic acids is 1. The Kier molecular flexibility index (Phi) is 8.87. The molecule has 204 valence electrons. The molecule has 39 heavy (non-hydrogen) atoms. The Hall–Kier alpha value is -3.50. The van der Waals surface area contributed by atoms with Crippen LogP contribution in [-0.4, -0.2) is 39.0 Å². The zero-order valence-corrected chi connectivity index (χ0v) is 23.1. The molecule has 1 amide bonds. The minimum Gasteiger partial charge on any atom is -0.369 e. The van der Waals surface area contributed by atoms with E-state index in [1.54, 1.807) is 24.3 Å². The normalized spacial score (nSPS) is 11.6. The molecule has 0 saturated carbocycles. The second-order valence-electron chi connectivity index (χ2n) is 8.93.